The molecule has 2 aromatic rings. The molecule has 0 aliphatic carbocycles. The maximum absolute atomic E-state index is 12.3. The average Bonchev–Trinajstić information content (AvgIpc) is 2.90. The van der Waals surface area contributed by atoms with Crippen molar-refractivity contribution in [2.24, 2.45) is 0 Å². The van der Waals surface area contributed by atoms with Crippen molar-refractivity contribution in [1.29, 1.82) is 0 Å². The van der Waals surface area contributed by atoms with Gasteiger partial charge in [-0.25, -0.2) is 13.1 Å². The minimum Gasteiger partial charge on any atom is -0.465 e. The minimum absolute atomic E-state index is 0.0438. The molecule has 0 saturated heterocycles. The minimum atomic E-state index is -3.83. The Labute approximate surface area is 115 Å². The Hall–Kier alpha value is -1.71. The second kappa shape index (κ2) is 5.35. The number of hydrogen-bond donors (Lipinski definition) is 2. The predicted molar refractivity (Wildman–Crippen MR) is 67.2 cm³/mol. The Morgan fingerprint density at radius 1 is 1.25 bits per heavy atom. The summed E-state index contributed by atoms with van der Waals surface area (Å²) < 4.78 is 36.9. The van der Waals surface area contributed by atoms with Crippen LogP contribution in [0.2, 0.25) is 0 Å². The van der Waals surface area contributed by atoms with Crippen molar-refractivity contribution in [2.45, 2.75) is 38.8 Å². The quantitative estimate of drug-likeness (QED) is 0.828. The third-order valence-electron chi connectivity index (χ3n) is 2.74. The number of aliphatic hydroxyl groups is 1. The molecule has 20 heavy (non-hydrogen) atoms. The Bertz CT molecular complexity index is 716. The van der Waals surface area contributed by atoms with E-state index in [1.165, 1.54) is 6.92 Å². The van der Waals surface area contributed by atoms with Crippen molar-refractivity contribution in [3.05, 3.63) is 28.8 Å². The van der Waals surface area contributed by atoms with Crippen LogP contribution < -0.4 is 4.72 Å². The van der Waals surface area contributed by atoms with E-state index in [2.05, 4.69) is 14.9 Å². The highest BCUT2D eigenvalue weighted by atomic mass is 32.2. The van der Waals surface area contributed by atoms with Crippen LogP contribution in [-0.4, -0.2) is 23.7 Å². The first-order valence-electron chi connectivity index (χ1n) is 5.83. The molecule has 0 atom stereocenters. The van der Waals surface area contributed by atoms with Gasteiger partial charge in [0.1, 0.15) is 16.4 Å². The van der Waals surface area contributed by atoms with Gasteiger partial charge in [-0.15, -0.1) is 0 Å². The fourth-order valence-electron chi connectivity index (χ4n) is 1.89. The van der Waals surface area contributed by atoms with Gasteiger partial charge in [-0.1, -0.05) is 5.16 Å². The molecule has 0 aromatic carbocycles. The first kappa shape index (κ1) is 14.7. The molecule has 2 heterocycles. The van der Waals surface area contributed by atoms with Gasteiger partial charge in [-0.3, -0.25) is 0 Å². The third kappa shape index (κ3) is 2.74. The molecule has 0 aliphatic heterocycles. The summed E-state index contributed by atoms with van der Waals surface area (Å²) in [7, 11) is -3.83. The van der Waals surface area contributed by atoms with Crippen LogP contribution in [0.15, 0.2) is 13.8 Å². The molecule has 2 rings (SSSR count). The van der Waals surface area contributed by atoms with Crippen molar-refractivity contribution in [1.82, 2.24) is 14.9 Å². The molecular formula is C11H15N3O5S. The fourth-order valence-corrected chi connectivity index (χ4v) is 3.31. The van der Waals surface area contributed by atoms with Crippen LogP contribution >= 0.6 is 0 Å². The number of rotatable bonds is 5. The van der Waals surface area contributed by atoms with Crippen LogP contribution in [-0.2, 0) is 23.2 Å². The number of nitrogens with one attached hydrogen (secondary N) is 1. The summed E-state index contributed by atoms with van der Waals surface area (Å²) in [6.45, 7) is 4.22. The summed E-state index contributed by atoms with van der Waals surface area (Å²) in [4.78, 5) is 3.86. The van der Waals surface area contributed by atoms with Gasteiger partial charge in [0, 0.05) is 12.5 Å². The summed E-state index contributed by atoms with van der Waals surface area (Å²) >= 11 is 0. The fraction of sp³-hybridized carbons (Fsp3) is 0.455. The van der Waals surface area contributed by atoms with E-state index in [1.54, 1.807) is 13.8 Å². The second-order valence-corrected chi connectivity index (χ2v) is 5.94. The highest BCUT2D eigenvalue weighted by Crippen LogP contribution is 2.26. The molecule has 9 heteroatoms. The smallest absolute Gasteiger partial charge is 0.244 e. The van der Waals surface area contributed by atoms with E-state index < -0.39 is 16.6 Å². The van der Waals surface area contributed by atoms with Crippen LogP contribution in [0.4, 0.5) is 0 Å². The van der Waals surface area contributed by atoms with Gasteiger partial charge in [-0.2, -0.15) is 4.98 Å². The maximum atomic E-state index is 12.3. The van der Waals surface area contributed by atoms with Gasteiger partial charge < -0.3 is 14.0 Å². The van der Waals surface area contributed by atoms with E-state index in [4.69, 9.17) is 8.94 Å². The first-order chi connectivity index (χ1) is 9.35. The molecule has 0 radical (unpaired) electrons. The molecular weight excluding hydrogens is 286 g/mol. The Morgan fingerprint density at radius 2 is 1.95 bits per heavy atom. The standard InChI is InChI=1S/C11H15N3O5S/c1-6-9(5-15)11(7(2)18-6)20(16,17)12-4-10-13-8(3)19-14-10/h12,15H,4-5H2,1-3H3. The first-order valence-corrected chi connectivity index (χ1v) is 7.32. The second-order valence-electron chi connectivity index (χ2n) is 4.23. The number of hydrogen-bond acceptors (Lipinski definition) is 7. The number of aryl methyl sites for hydroxylation is 3. The molecule has 0 saturated carbocycles. The molecule has 8 nitrogen and oxygen atoms in total. The molecule has 2 aromatic heterocycles. The number of furan rings is 1. The van der Waals surface area contributed by atoms with Crippen molar-refractivity contribution in [3.8, 4) is 0 Å². The Balaban J connectivity index is 2.27. The van der Waals surface area contributed by atoms with Crippen LogP contribution in [0.25, 0.3) is 0 Å². The van der Waals surface area contributed by atoms with Crippen molar-refractivity contribution in [2.75, 3.05) is 0 Å². The number of sulfonamides is 1. The summed E-state index contributed by atoms with van der Waals surface area (Å²) in [5, 5.41) is 12.9. The molecule has 0 bridgehead atoms. The lowest BCUT2D eigenvalue weighted by Gasteiger charge is -2.05. The molecule has 0 spiro atoms. The normalized spacial score (nSPS) is 12.0. The topological polar surface area (TPSA) is 118 Å². The number of aromatic nitrogens is 2. The monoisotopic (exact) mass is 301 g/mol. The number of nitrogens with zero attached hydrogens (tertiary/aromatic N) is 2. The predicted octanol–water partition coefficient (Wildman–Crippen LogP) is 0.559. The lowest BCUT2D eigenvalue weighted by molar-refractivity contribution is 0.276. The van der Waals surface area contributed by atoms with Gasteiger partial charge in [-0.05, 0) is 13.8 Å². The van der Waals surface area contributed by atoms with Crippen molar-refractivity contribution >= 4 is 10.0 Å². The molecule has 0 fully saturated rings. The summed E-state index contributed by atoms with van der Waals surface area (Å²) in [6.07, 6.45) is 0. The highest BCUT2D eigenvalue weighted by molar-refractivity contribution is 7.89. The average molecular weight is 301 g/mol. The lowest BCUT2D eigenvalue weighted by atomic mass is 10.2. The molecule has 0 unspecified atom stereocenters. The zero-order valence-electron chi connectivity index (χ0n) is 11.3. The van der Waals surface area contributed by atoms with Crippen LogP contribution in [0.1, 0.15) is 28.8 Å². The zero-order chi connectivity index (χ0) is 14.9. The van der Waals surface area contributed by atoms with E-state index in [1.807, 2.05) is 0 Å². The highest BCUT2D eigenvalue weighted by Gasteiger charge is 2.26. The van der Waals surface area contributed by atoms with Gasteiger partial charge >= 0.3 is 0 Å². The Morgan fingerprint density at radius 3 is 2.50 bits per heavy atom. The van der Waals surface area contributed by atoms with Crippen molar-refractivity contribution in [3.63, 3.8) is 0 Å². The molecule has 2 N–H and O–H groups in total. The van der Waals surface area contributed by atoms with Crippen LogP contribution in [0, 0.1) is 20.8 Å². The summed E-state index contributed by atoms with van der Waals surface area (Å²) in [5.41, 5.74) is 0.249. The van der Waals surface area contributed by atoms with E-state index >= 15 is 0 Å². The van der Waals surface area contributed by atoms with E-state index in [9.17, 15) is 13.5 Å². The van der Waals surface area contributed by atoms with Crippen LogP contribution in [0.5, 0.6) is 0 Å². The number of aliphatic hydroxyl groups excluding tert-OH is 1. The zero-order valence-corrected chi connectivity index (χ0v) is 12.1. The van der Waals surface area contributed by atoms with Gasteiger partial charge in [0.15, 0.2) is 5.82 Å². The van der Waals surface area contributed by atoms with Gasteiger partial charge in [0.25, 0.3) is 0 Å². The summed E-state index contributed by atoms with van der Waals surface area (Å²) in [6, 6.07) is 0. The van der Waals surface area contributed by atoms with Gasteiger partial charge in [0.05, 0.1) is 13.2 Å². The maximum Gasteiger partial charge on any atom is 0.244 e. The lowest BCUT2D eigenvalue weighted by Crippen LogP contribution is -2.25. The SMILES string of the molecule is Cc1nc(CNS(=O)(=O)c2c(C)oc(C)c2CO)no1. The molecule has 0 amide bonds. The van der Waals surface area contributed by atoms with Gasteiger partial charge in [0.2, 0.25) is 15.9 Å². The largest absolute Gasteiger partial charge is 0.465 e. The van der Waals surface area contributed by atoms with Crippen molar-refractivity contribution < 1.29 is 22.5 Å². The third-order valence-corrected chi connectivity index (χ3v) is 4.34. The van der Waals surface area contributed by atoms with Crippen LogP contribution in [0.3, 0.4) is 0 Å². The van der Waals surface area contributed by atoms with E-state index in [-0.39, 0.29) is 28.6 Å². The Kier molecular flexibility index (Phi) is 3.93. The van der Waals surface area contributed by atoms with E-state index in [0.717, 1.165) is 0 Å². The molecule has 110 valence electrons. The van der Waals surface area contributed by atoms with E-state index in [0.29, 0.717) is 11.7 Å². The molecule has 0 aliphatic rings. The summed E-state index contributed by atoms with van der Waals surface area (Å²) in [5.74, 6) is 1.18.